The Hall–Kier alpha value is -1.99. The van der Waals surface area contributed by atoms with E-state index < -0.39 is 0 Å². The van der Waals surface area contributed by atoms with Gasteiger partial charge in [0, 0.05) is 12.7 Å². The van der Waals surface area contributed by atoms with Crippen molar-refractivity contribution in [2.75, 3.05) is 26.2 Å². The molecule has 3 heterocycles. The summed E-state index contributed by atoms with van der Waals surface area (Å²) in [6.45, 7) is 4.24. The number of hydrogen-bond acceptors (Lipinski definition) is 4. The molecule has 1 aromatic heterocycles. The lowest BCUT2D eigenvalue weighted by molar-refractivity contribution is 0.246. The Labute approximate surface area is 119 Å². The van der Waals surface area contributed by atoms with Crippen LogP contribution in [-0.4, -0.2) is 41.8 Å². The van der Waals surface area contributed by atoms with Gasteiger partial charge >= 0.3 is 0 Å². The number of aliphatic imine (C=N–C) groups is 1. The topological polar surface area (TPSA) is 52.3 Å². The summed E-state index contributed by atoms with van der Waals surface area (Å²) < 4.78 is 0. The summed E-state index contributed by atoms with van der Waals surface area (Å²) in [5, 5.41) is 8.78. The average Bonchev–Trinajstić information content (AvgIpc) is 2.97. The monoisotopic (exact) mass is 266 g/mol. The minimum Gasteiger partial charge on any atom is -0.299 e. The fourth-order valence-electron chi connectivity index (χ4n) is 2.74. The maximum absolute atomic E-state index is 8.78. The number of hydrogen-bond donors (Lipinski definition) is 0. The summed E-state index contributed by atoms with van der Waals surface area (Å²) in [6.07, 6.45) is 7.76. The molecule has 0 radical (unpaired) electrons. The summed E-state index contributed by atoms with van der Waals surface area (Å²) in [5.74, 6) is 0. The summed E-state index contributed by atoms with van der Waals surface area (Å²) in [5.41, 5.74) is 3.76. The van der Waals surface area contributed by atoms with E-state index in [9.17, 15) is 0 Å². The Morgan fingerprint density at radius 1 is 1.20 bits per heavy atom. The van der Waals surface area contributed by atoms with E-state index in [1.165, 1.54) is 37.9 Å². The molecule has 0 aromatic carbocycles. The molecule has 20 heavy (non-hydrogen) atoms. The van der Waals surface area contributed by atoms with Crippen molar-refractivity contribution in [3.05, 3.63) is 41.2 Å². The maximum atomic E-state index is 8.78. The number of likely N-dealkylation sites (tertiary alicyclic amines) is 1. The van der Waals surface area contributed by atoms with Crippen molar-refractivity contribution in [3.8, 4) is 6.07 Å². The van der Waals surface area contributed by atoms with E-state index >= 15 is 0 Å². The smallest absolute Gasteiger partial charge is 0.101 e. The summed E-state index contributed by atoms with van der Waals surface area (Å²) in [4.78, 5) is 11.4. The standard InChI is InChI=1S/C16H18N4/c17-9-13-4-5-15(18-10-13)16-8-14(11-19-16)12-20-6-2-1-3-7-20/h4-5,8,10H,1-3,6-7,11-12H2. The van der Waals surface area contributed by atoms with Gasteiger partial charge in [0.2, 0.25) is 0 Å². The van der Waals surface area contributed by atoms with Gasteiger partial charge in [0.05, 0.1) is 23.5 Å². The van der Waals surface area contributed by atoms with E-state index in [4.69, 9.17) is 5.26 Å². The molecule has 2 aliphatic rings. The van der Waals surface area contributed by atoms with Crippen LogP contribution in [0.15, 0.2) is 35.0 Å². The number of pyridine rings is 1. The Morgan fingerprint density at radius 3 is 2.75 bits per heavy atom. The van der Waals surface area contributed by atoms with Gasteiger partial charge in [-0.05, 0) is 49.7 Å². The molecular weight excluding hydrogens is 248 g/mol. The van der Waals surface area contributed by atoms with Crippen molar-refractivity contribution in [2.45, 2.75) is 19.3 Å². The minimum absolute atomic E-state index is 0.588. The van der Waals surface area contributed by atoms with Crippen molar-refractivity contribution >= 4 is 5.71 Å². The van der Waals surface area contributed by atoms with Crippen LogP contribution in [0.1, 0.15) is 30.5 Å². The van der Waals surface area contributed by atoms with Crippen LogP contribution in [0.2, 0.25) is 0 Å². The predicted molar refractivity (Wildman–Crippen MR) is 78.7 cm³/mol. The molecule has 0 aliphatic carbocycles. The lowest BCUT2D eigenvalue weighted by atomic mass is 10.1. The Bertz CT molecular complexity index is 571. The summed E-state index contributed by atoms with van der Waals surface area (Å²) >= 11 is 0. The molecular formula is C16H18N4. The van der Waals surface area contributed by atoms with Crippen molar-refractivity contribution in [1.29, 1.82) is 5.26 Å². The number of rotatable bonds is 3. The van der Waals surface area contributed by atoms with Gasteiger partial charge in [-0.15, -0.1) is 0 Å². The highest BCUT2D eigenvalue weighted by molar-refractivity contribution is 6.09. The van der Waals surface area contributed by atoms with E-state index in [-0.39, 0.29) is 0 Å². The van der Waals surface area contributed by atoms with Crippen molar-refractivity contribution in [3.63, 3.8) is 0 Å². The molecule has 4 nitrogen and oxygen atoms in total. The largest absolute Gasteiger partial charge is 0.299 e. The quantitative estimate of drug-likeness (QED) is 0.842. The first-order valence-electron chi connectivity index (χ1n) is 7.18. The normalized spacial score (nSPS) is 19.4. The Balaban J connectivity index is 1.65. The number of aromatic nitrogens is 1. The molecule has 0 atom stereocenters. The SMILES string of the molecule is N#Cc1ccc(C2=NCC(CN3CCCCC3)=C2)nc1. The molecule has 3 rings (SSSR count). The van der Waals surface area contributed by atoms with Crippen LogP contribution in [0.4, 0.5) is 0 Å². The Kier molecular flexibility index (Phi) is 3.89. The first-order chi connectivity index (χ1) is 9.85. The number of nitrogens with zero attached hydrogens (tertiary/aromatic N) is 4. The van der Waals surface area contributed by atoms with Crippen molar-refractivity contribution in [2.24, 2.45) is 4.99 Å². The van der Waals surface area contributed by atoms with Gasteiger partial charge in [-0.2, -0.15) is 5.26 Å². The maximum Gasteiger partial charge on any atom is 0.101 e. The minimum atomic E-state index is 0.588. The zero-order chi connectivity index (χ0) is 13.8. The Morgan fingerprint density at radius 2 is 2.05 bits per heavy atom. The first kappa shape index (κ1) is 13.0. The highest BCUT2D eigenvalue weighted by atomic mass is 15.1. The number of allylic oxidation sites excluding steroid dienone is 1. The van der Waals surface area contributed by atoms with Gasteiger partial charge in [-0.1, -0.05) is 6.42 Å². The molecule has 0 unspecified atom stereocenters. The highest BCUT2D eigenvalue weighted by Gasteiger charge is 2.16. The lowest BCUT2D eigenvalue weighted by Crippen LogP contribution is -2.31. The zero-order valence-electron chi connectivity index (χ0n) is 11.5. The summed E-state index contributed by atoms with van der Waals surface area (Å²) in [6, 6.07) is 5.75. The van der Waals surface area contributed by atoms with E-state index in [1.807, 2.05) is 6.07 Å². The average molecular weight is 266 g/mol. The molecule has 0 bridgehead atoms. The van der Waals surface area contributed by atoms with Crippen LogP contribution >= 0.6 is 0 Å². The van der Waals surface area contributed by atoms with E-state index in [2.05, 4.69) is 27.0 Å². The first-order valence-corrected chi connectivity index (χ1v) is 7.18. The fourth-order valence-corrected chi connectivity index (χ4v) is 2.74. The van der Waals surface area contributed by atoms with Crippen LogP contribution in [0.25, 0.3) is 0 Å². The second kappa shape index (κ2) is 5.98. The third-order valence-corrected chi connectivity index (χ3v) is 3.82. The van der Waals surface area contributed by atoms with Gasteiger partial charge in [-0.25, -0.2) is 0 Å². The zero-order valence-corrected chi connectivity index (χ0v) is 11.5. The van der Waals surface area contributed by atoms with Crippen LogP contribution in [-0.2, 0) is 0 Å². The van der Waals surface area contributed by atoms with Gasteiger partial charge < -0.3 is 0 Å². The predicted octanol–water partition coefficient (Wildman–Crippen LogP) is 2.17. The number of nitriles is 1. The lowest BCUT2D eigenvalue weighted by Gasteiger charge is -2.26. The van der Waals surface area contributed by atoms with E-state index in [1.54, 1.807) is 12.3 Å². The van der Waals surface area contributed by atoms with Gasteiger partial charge in [0.1, 0.15) is 6.07 Å². The molecule has 102 valence electrons. The van der Waals surface area contributed by atoms with Crippen LogP contribution in [0, 0.1) is 11.3 Å². The van der Waals surface area contributed by atoms with Crippen molar-refractivity contribution in [1.82, 2.24) is 9.88 Å². The molecule has 0 N–H and O–H groups in total. The molecule has 0 amide bonds. The third-order valence-electron chi connectivity index (χ3n) is 3.82. The van der Waals surface area contributed by atoms with Gasteiger partial charge in [-0.3, -0.25) is 14.9 Å². The van der Waals surface area contributed by atoms with Crippen LogP contribution < -0.4 is 0 Å². The molecule has 1 saturated heterocycles. The molecule has 1 aromatic rings. The van der Waals surface area contributed by atoms with Gasteiger partial charge in [0.15, 0.2) is 0 Å². The summed E-state index contributed by atoms with van der Waals surface area (Å²) in [7, 11) is 0. The fraction of sp³-hybridized carbons (Fsp3) is 0.438. The third kappa shape index (κ3) is 2.94. The second-order valence-electron chi connectivity index (χ2n) is 5.38. The molecule has 2 aliphatic heterocycles. The van der Waals surface area contributed by atoms with Gasteiger partial charge in [0.25, 0.3) is 0 Å². The molecule has 0 saturated carbocycles. The van der Waals surface area contributed by atoms with Crippen LogP contribution in [0.5, 0.6) is 0 Å². The second-order valence-corrected chi connectivity index (χ2v) is 5.38. The number of piperidine rings is 1. The van der Waals surface area contributed by atoms with Crippen LogP contribution in [0.3, 0.4) is 0 Å². The highest BCUT2D eigenvalue weighted by Crippen LogP contribution is 2.15. The molecule has 0 spiro atoms. The van der Waals surface area contributed by atoms with E-state index in [0.717, 1.165) is 24.5 Å². The molecule has 1 fully saturated rings. The molecule has 4 heteroatoms. The van der Waals surface area contributed by atoms with Crippen molar-refractivity contribution < 1.29 is 0 Å². The van der Waals surface area contributed by atoms with E-state index in [0.29, 0.717) is 5.56 Å².